The predicted molar refractivity (Wildman–Crippen MR) is 74.3 cm³/mol. The van der Waals surface area contributed by atoms with E-state index in [-0.39, 0.29) is 11.7 Å². The lowest BCUT2D eigenvalue weighted by Crippen LogP contribution is -2.21. The van der Waals surface area contributed by atoms with Crippen LogP contribution in [-0.4, -0.2) is 5.91 Å². The molecule has 0 fully saturated rings. The Labute approximate surface area is 117 Å². The normalized spacial score (nSPS) is 10.4. The van der Waals surface area contributed by atoms with E-state index in [1.807, 2.05) is 13.0 Å². The van der Waals surface area contributed by atoms with Gasteiger partial charge in [-0.15, -0.1) is 11.3 Å². The summed E-state index contributed by atoms with van der Waals surface area (Å²) in [5.41, 5.74) is 1.92. The van der Waals surface area contributed by atoms with Crippen LogP contribution in [0.1, 0.15) is 20.8 Å². The largest absolute Gasteiger partial charge is 0.347 e. The summed E-state index contributed by atoms with van der Waals surface area (Å²) in [5.74, 6) is -0.388. The SMILES string of the molecule is Cc1cc(C(=O)NCc2ccc(F)cc2)sc1Br. The monoisotopic (exact) mass is 327 g/mol. The fraction of sp³-hybridized carbons (Fsp3) is 0.154. The third kappa shape index (κ3) is 3.17. The van der Waals surface area contributed by atoms with Crippen molar-refractivity contribution in [1.82, 2.24) is 5.32 Å². The standard InChI is InChI=1S/C13H11BrFNOS/c1-8-6-11(18-12(8)14)13(17)16-7-9-2-4-10(15)5-3-9/h2-6H,7H2,1H3,(H,16,17). The fourth-order valence-corrected chi connectivity index (χ4v) is 2.89. The van der Waals surface area contributed by atoms with E-state index >= 15 is 0 Å². The zero-order chi connectivity index (χ0) is 13.1. The number of nitrogens with one attached hydrogen (secondary N) is 1. The first kappa shape index (κ1) is 13.2. The number of hydrogen-bond acceptors (Lipinski definition) is 2. The lowest BCUT2D eigenvalue weighted by molar-refractivity contribution is 0.0955. The Kier molecular flexibility index (Phi) is 4.14. The van der Waals surface area contributed by atoms with Crippen molar-refractivity contribution in [2.24, 2.45) is 0 Å². The first-order chi connectivity index (χ1) is 8.56. The highest BCUT2D eigenvalue weighted by Crippen LogP contribution is 2.27. The highest BCUT2D eigenvalue weighted by atomic mass is 79.9. The van der Waals surface area contributed by atoms with Crippen molar-refractivity contribution in [3.8, 4) is 0 Å². The molecule has 18 heavy (non-hydrogen) atoms. The molecule has 1 aromatic heterocycles. The molecule has 1 heterocycles. The van der Waals surface area contributed by atoms with Crippen LogP contribution in [0.5, 0.6) is 0 Å². The Morgan fingerprint density at radius 3 is 2.61 bits per heavy atom. The molecule has 2 aromatic rings. The number of rotatable bonds is 3. The fourth-order valence-electron chi connectivity index (χ4n) is 1.44. The lowest BCUT2D eigenvalue weighted by Gasteiger charge is -2.03. The van der Waals surface area contributed by atoms with Crippen molar-refractivity contribution >= 4 is 33.2 Å². The molecule has 0 spiro atoms. The van der Waals surface area contributed by atoms with Crippen LogP contribution in [0.3, 0.4) is 0 Å². The molecule has 0 unspecified atom stereocenters. The van der Waals surface area contributed by atoms with Gasteiger partial charge in [-0.3, -0.25) is 4.79 Å². The van der Waals surface area contributed by atoms with Gasteiger partial charge in [0.25, 0.3) is 5.91 Å². The molecule has 2 rings (SSSR count). The van der Waals surface area contributed by atoms with E-state index in [9.17, 15) is 9.18 Å². The smallest absolute Gasteiger partial charge is 0.261 e. The number of benzene rings is 1. The van der Waals surface area contributed by atoms with Crippen molar-refractivity contribution < 1.29 is 9.18 Å². The average Bonchev–Trinajstić information content (AvgIpc) is 2.69. The average molecular weight is 328 g/mol. The zero-order valence-corrected chi connectivity index (χ0v) is 12.1. The van der Waals surface area contributed by atoms with Gasteiger partial charge < -0.3 is 5.32 Å². The summed E-state index contributed by atoms with van der Waals surface area (Å²) in [6.07, 6.45) is 0. The van der Waals surface area contributed by atoms with E-state index in [4.69, 9.17) is 0 Å². The van der Waals surface area contributed by atoms with Crippen LogP contribution >= 0.6 is 27.3 Å². The molecular weight excluding hydrogens is 317 g/mol. The molecule has 0 saturated heterocycles. The van der Waals surface area contributed by atoms with Gasteiger partial charge in [-0.25, -0.2) is 4.39 Å². The van der Waals surface area contributed by atoms with Crippen molar-refractivity contribution in [3.05, 3.63) is 55.9 Å². The second kappa shape index (κ2) is 5.63. The highest BCUT2D eigenvalue weighted by Gasteiger charge is 2.10. The molecule has 5 heteroatoms. The van der Waals surface area contributed by atoms with Gasteiger partial charge in [0.05, 0.1) is 8.66 Å². The van der Waals surface area contributed by atoms with Crippen LogP contribution in [0.15, 0.2) is 34.1 Å². The maximum atomic E-state index is 12.7. The third-order valence-electron chi connectivity index (χ3n) is 2.45. The van der Waals surface area contributed by atoms with Gasteiger partial charge in [0.1, 0.15) is 5.82 Å². The molecule has 0 aliphatic heterocycles. The van der Waals surface area contributed by atoms with E-state index in [1.165, 1.54) is 23.5 Å². The summed E-state index contributed by atoms with van der Waals surface area (Å²) in [6.45, 7) is 2.34. The summed E-state index contributed by atoms with van der Waals surface area (Å²) in [6, 6.07) is 7.92. The van der Waals surface area contributed by atoms with E-state index in [0.29, 0.717) is 11.4 Å². The van der Waals surface area contributed by atoms with Crippen molar-refractivity contribution in [2.75, 3.05) is 0 Å². The van der Waals surface area contributed by atoms with Gasteiger partial charge in [-0.05, 0) is 52.2 Å². The molecule has 0 aliphatic carbocycles. The van der Waals surface area contributed by atoms with Crippen molar-refractivity contribution in [3.63, 3.8) is 0 Å². The van der Waals surface area contributed by atoms with E-state index in [1.54, 1.807) is 12.1 Å². The molecular formula is C13H11BrFNOS. The van der Waals surface area contributed by atoms with E-state index < -0.39 is 0 Å². The van der Waals surface area contributed by atoms with Crippen LogP contribution in [0.25, 0.3) is 0 Å². The molecule has 1 amide bonds. The summed E-state index contributed by atoms with van der Waals surface area (Å²) in [5, 5.41) is 2.80. The summed E-state index contributed by atoms with van der Waals surface area (Å²) >= 11 is 4.79. The lowest BCUT2D eigenvalue weighted by atomic mass is 10.2. The van der Waals surface area contributed by atoms with Crippen LogP contribution in [0.4, 0.5) is 4.39 Å². The summed E-state index contributed by atoms with van der Waals surface area (Å²) in [4.78, 5) is 12.5. The van der Waals surface area contributed by atoms with Crippen LogP contribution in [0.2, 0.25) is 0 Å². The summed E-state index contributed by atoms with van der Waals surface area (Å²) < 4.78 is 13.7. The van der Waals surface area contributed by atoms with Gasteiger partial charge in [-0.1, -0.05) is 12.1 Å². The minimum atomic E-state index is -0.275. The molecule has 0 radical (unpaired) electrons. The van der Waals surface area contributed by atoms with E-state index in [2.05, 4.69) is 21.2 Å². The molecule has 0 atom stereocenters. The number of carbonyl (C=O) groups excluding carboxylic acids is 1. The maximum Gasteiger partial charge on any atom is 0.261 e. The minimum absolute atomic E-state index is 0.113. The van der Waals surface area contributed by atoms with Gasteiger partial charge in [0.15, 0.2) is 0 Å². The highest BCUT2D eigenvalue weighted by molar-refractivity contribution is 9.11. The Hall–Kier alpha value is -1.20. The molecule has 0 bridgehead atoms. The molecule has 1 aromatic carbocycles. The molecule has 2 nitrogen and oxygen atoms in total. The topological polar surface area (TPSA) is 29.1 Å². The number of hydrogen-bond donors (Lipinski definition) is 1. The van der Waals surface area contributed by atoms with Gasteiger partial charge in [-0.2, -0.15) is 0 Å². The number of carbonyl (C=O) groups is 1. The molecule has 1 N–H and O–H groups in total. The Morgan fingerprint density at radius 2 is 2.06 bits per heavy atom. The minimum Gasteiger partial charge on any atom is -0.347 e. The van der Waals surface area contributed by atoms with Crippen LogP contribution in [-0.2, 0) is 6.54 Å². The van der Waals surface area contributed by atoms with Gasteiger partial charge in [0, 0.05) is 6.54 Å². The Balaban J connectivity index is 1.98. The second-order valence-electron chi connectivity index (χ2n) is 3.88. The first-order valence-corrected chi connectivity index (χ1v) is 6.96. The number of aryl methyl sites for hydroxylation is 1. The number of halogens is 2. The Bertz CT molecular complexity index is 545. The van der Waals surface area contributed by atoms with E-state index in [0.717, 1.165) is 14.9 Å². The Morgan fingerprint density at radius 1 is 1.39 bits per heavy atom. The number of thiophene rings is 1. The van der Waals surface area contributed by atoms with Crippen molar-refractivity contribution in [2.45, 2.75) is 13.5 Å². The van der Waals surface area contributed by atoms with Crippen molar-refractivity contribution in [1.29, 1.82) is 0 Å². The first-order valence-electron chi connectivity index (χ1n) is 5.35. The van der Waals surface area contributed by atoms with Gasteiger partial charge >= 0.3 is 0 Å². The number of amides is 1. The molecule has 0 saturated carbocycles. The second-order valence-corrected chi connectivity index (χ2v) is 6.25. The third-order valence-corrected chi connectivity index (χ3v) is 4.58. The van der Waals surface area contributed by atoms with Crippen LogP contribution < -0.4 is 5.32 Å². The van der Waals surface area contributed by atoms with Crippen LogP contribution in [0, 0.1) is 12.7 Å². The quantitative estimate of drug-likeness (QED) is 0.910. The van der Waals surface area contributed by atoms with Gasteiger partial charge in [0.2, 0.25) is 0 Å². The molecule has 0 aliphatic rings. The zero-order valence-electron chi connectivity index (χ0n) is 9.67. The summed E-state index contributed by atoms with van der Waals surface area (Å²) in [7, 11) is 0. The maximum absolute atomic E-state index is 12.7. The predicted octanol–water partition coefficient (Wildman–Crippen LogP) is 3.89. The molecule has 94 valence electrons.